The number of rotatable bonds is 7. The number of aryl methyl sites for hydroxylation is 1. The quantitative estimate of drug-likeness (QED) is 0.196. The molecule has 0 saturated carbocycles. The summed E-state index contributed by atoms with van der Waals surface area (Å²) in [6.07, 6.45) is 1.58. The fourth-order valence-electron chi connectivity index (χ4n) is 4.58. The van der Waals surface area contributed by atoms with Crippen LogP contribution >= 0.6 is 0 Å². The summed E-state index contributed by atoms with van der Waals surface area (Å²) in [5.41, 5.74) is 2.54. The highest BCUT2D eigenvalue weighted by molar-refractivity contribution is 6.46. The maximum absolute atomic E-state index is 15.0. The number of carbonyl (C=O) groups excluding carboxylic acids is 2. The number of nitrogens with zero attached hydrogens (tertiary/aromatic N) is 2. The van der Waals surface area contributed by atoms with Gasteiger partial charge in [0.25, 0.3) is 11.7 Å². The number of hydrogen-bond acceptors (Lipinski definition) is 5. The molecule has 0 bridgehead atoms. The minimum atomic E-state index is -1.12. The Balaban J connectivity index is 1.53. The zero-order valence-corrected chi connectivity index (χ0v) is 20.7. The molecule has 1 aliphatic rings. The lowest BCUT2D eigenvalue weighted by Gasteiger charge is -2.25. The van der Waals surface area contributed by atoms with E-state index in [-0.39, 0.29) is 23.4 Å². The van der Waals surface area contributed by atoms with Gasteiger partial charge in [-0.15, -0.1) is 0 Å². The van der Waals surface area contributed by atoms with Crippen molar-refractivity contribution in [3.63, 3.8) is 0 Å². The molecular weight excluding hydrogens is 483 g/mol. The highest BCUT2D eigenvalue weighted by atomic mass is 19.1. The van der Waals surface area contributed by atoms with Gasteiger partial charge < -0.3 is 14.7 Å². The Kier molecular flexibility index (Phi) is 7.00. The van der Waals surface area contributed by atoms with Gasteiger partial charge in [-0.25, -0.2) is 4.39 Å². The van der Waals surface area contributed by atoms with Crippen LogP contribution in [0.2, 0.25) is 0 Å². The molecule has 5 rings (SSSR count). The zero-order valence-electron chi connectivity index (χ0n) is 20.7. The molecule has 1 unspecified atom stereocenters. The fraction of sp³-hybridized carbons (Fsp3) is 0.129. The average molecular weight is 509 g/mol. The van der Waals surface area contributed by atoms with Gasteiger partial charge >= 0.3 is 0 Å². The monoisotopic (exact) mass is 508 g/mol. The predicted molar refractivity (Wildman–Crippen MR) is 140 cm³/mol. The van der Waals surface area contributed by atoms with Crippen molar-refractivity contribution in [3.8, 4) is 5.75 Å². The maximum atomic E-state index is 15.0. The van der Waals surface area contributed by atoms with Crippen LogP contribution in [0.5, 0.6) is 5.75 Å². The normalized spacial score (nSPS) is 16.6. The molecule has 0 aliphatic carbocycles. The van der Waals surface area contributed by atoms with Crippen molar-refractivity contribution < 1.29 is 23.8 Å². The Morgan fingerprint density at radius 2 is 1.71 bits per heavy atom. The number of amides is 1. The molecule has 0 radical (unpaired) electrons. The third kappa shape index (κ3) is 4.91. The first-order chi connectivity index (χ1) is 18.4. The summed E-state index contributed by atoms with van der Waals surface area (Å²) in [7, 11) is 0. The van der Waals surface area contributed by atoms with Gasteiger partial charge in [-0.2, -0.15) is 0 Å². The second-order valence-corrected chi connectivity index (χ2v) is 9.02. The number of ether oxygens (including phenoxy) is 1. The highest BCUT2D eigenvalue weighted by Crippen LogP contribution is 2.41. The van der Waals surface area contributed by atoms with Gasteiger partial charge in [-0.05, 0) is 54.4 Å². The lowest BCUT2D eigenvalue weighted by atomic mass is 9.94. The van der Waals surface area contributed by atoms with Crippen molar-refractivity contribution >= 4 is 17.4 Å². The van der Waals surface area contributed by atoms with Crippen LogP contribution in [0.25, 0.3) is 5.76 Å². The summed E-state index contributed by atoms with van der Waals surface area (Å²) in [4.78, 5) is 31.9. The van der Waals surface area contributed by atoms with E-state index in [2.05, 4.69) is 4.98 Å². The van der Waals surface area contributed by atoms with E-state index in [1.165, 1.54) is 23.1 Å². The summed E-state index contributed by atoms with van der Waals surface area (Å²) >= 11 is 0. The van der Waals surface area contributed by atoms with Crippen LogP contribution in [-0.2, 0) is 22.7 Å². The average Bonchev–Trinajstić information content (AvgIpc) is 3.18. The van der Waals surface area contributed by atoms with Crippen LogP contribution < -0.4 is 4.74 Å². The number of halogens is 1. The first-order valence-electron chi connectivity index (χ1n) is 12.1. The number of aliphatic hydroxyl groups is 1. The number of Topliss-reactive ketones (excluding diaryl/α,β-unsaturated/α-hetero) is 1. The standard InChI is InChI=1S/C31H25FN2O4/c1-20-17-22(14-15-26(20)38-19-21-9-3-2-4-10-21)29(35)27-28(24-12-5-6-13-25(24)32)34(31(37)30(27)36)18-23-11-7-8-16-33-23/h2-17,28,35H,18-19H2,1H3/b29-27+. The van der Waals surface area contributed by atoms with E-state index in [1.54, 1.807) is 48.7 Å². The molecule has 6 nitrogen and oxygen atoms in total. The largest absolute Gasteiger partial charge is 0.507 e. The van der Waals surface area contributed by atoms with Crippen molar-refractivity contribution in [1.82, 2.24) is 9.88 Å². The molecule has 1 saturated heterocycles. The van der Waals surface area contributed by atoms with E-state index in [1.807, 2.05) is 37.3 Å². The number of aromatic nitrogens is 1. The fourth-order valence-corrected chi connectivity index (χ4v) is 4.58. The number of likely N-dealkylation sites (tertiary alicyclic amines) is 1. The number of hydrogen-bond donors (Lipinski definition) is 1. The van der Waals surface area contributed by atoms with Crippen molar-refractivity contribution in [2.24, 2.45) is 0 Å². The zero-order chi connectivity index (χ0) is 26.6. The summed E-state index contributed by atoms with van der Waals surface area (Å²) < 4.78 is 20.9. The van der Waals surface area contributed by atoms with Gasteiger partial charge in [0.2, 0.25) is 0 Å². The molecule has 1 aromatic heterocycles. The Morgan fingerprint density at radius 3 is 2.42 bits per heavy atom. The molecule has 1 amide bonds. The van der Waals surface area contributed by atoms with E-state index in [0.29, 0.717) is 23.6 Å². The van der Waals surface area contributed by atoms with Crippen LogP contribution in [0.3, 0.4) is 0 Å². The number of benzene rings is 3. The van der Waals surface area contributed by atoms with Crippen LogP contribution in [0, 0.1) is 12.7 Å². The molecule has 2 heterocycles. The SMILES string of the molecule is Cc1cc(/C(O)=C2\C(=O)C(=O)N(Cc3ccccn3)C2c2ccccc2F)ccc1OCc1ccccc1. The van der Waals surface area contributed by atoms with Crippen LogP contribution in [0.15, 0.2) is 103 Å². The molecule has 190 valence electrons. The number of aliphatic hydroxyl groups excluding tert-OH is 1. The van der Waals surface area contributed by atoms with Gasteiger partial charge in [0.05, 0.1) is 23.9 Å². The van der Waals surface area contributed by atoms with E-state index < -0.39 is 23.5 Å². The first-order valence-corrected chi connectivity index (χ1v) is 12.1. The topological polar surface area (TPSA) is 79.7 Å². The van der Waals surface area contributed by atoms with Crippen molar-refractivity contribution in [1.29, 1.82) is 0 Å². The lowest BCUT2D eigenvalue weighted by Crippen LogP contribution is -2.30. The lowest BCUT2D eigenvalue weighted by molar-refractivity contribution is -0.140. The summed E-state index contributed by atoms with van der Waals surface area (Å²) in [6.45, 7) is 2.18. The Labute approximate surface area is 219 Å². The van der Waals surface area contributed by atoms with Crippen LogP contribution in [-0.4, -0.2) is 26.7 Å². The molecule has 1 atom stereocenters. The first kappa shape index (κ1) is 24.9. The molecule has 7 heteroatoms. The molecule has 1 aliphatic heterocycles. The van der Waals surface area contributed by atoms with Crippen molar-refractivity contribution in [2.75, 3.05) is 0 Å². The maximum Gasteiger partial charge on any atom is 0.296 e. The van der Waals surface area contributed by atoms with E-state index >= 15 is 4.39 Å². The molecule has 0 spiro atoms. The van der Waals surface area contributed by atoms with Crippen molar-refractivity contribution in [2.45, 2.75) is 26.1 Å². The molecule has 1 N–H and O–H groups in total. The molecule has 4 aromatic rings. The molecule has 1 fully saturated rings. The van der Waals surface area contributed by atoms with Gasteiger partial charge in [0.15, 0.2) is 0 Å². The summed E-state index contributed by atoms with van der Waals surface area (Å²) in [6, 6.07) is 24.8. The van der Waals surface area contributed by atoms with Gasteiger partial charge in [0.1, 0.15) is 23.9 Å². The third-order valence-corrected chi connectivity index (χ3v) is 6.48. The van der Waals surface area contributed by atoms with Crippen LogP contribution in [0.1, 0.15) is 34.0 Å². The van der Waals surface area contributed by atoms with Gasteiger partial charge in [-0.3, -0.25) is 14.6 Å². The Bertz CT molecular complexity index is 1520. The number of carbonyl (C=O) groups is 2. The van der Waals surface area contributed by atoms with Crippen LogP contribution in [0.4, 0.5) is 4.39 Å². The molecule has 38 heavy (non-hydrogen) atoms. The Hall–Kier alpha value is -4.78. The number of ketones is 1. The van der Waals surface area contributed by atoms with Gasteiger partial charge in [0, 0.05) is 17.3 Å². The molecular formula is C31H25FN2O4. The predicted octanol–water partition coefficient (Wildman–Crippen LogP) is 5.73. The second-order valence-electron chi connectivity index (χ2n) is 9.02. The minimum absolute atomic E-state index is 0.0213. The van der Waals surface area contributed by atoms with E-state index in [4.69, 9.17) is 4.74 Å². The molecule has 3 aromatic carbocycles. The van der Waals surface area contributed by atoms with E-state index in [0.717, 1.165) is 11.1 Å². The summed E-state index contributed by atoms with van der Waals surface area (Å²) in [5.74, 6) is -2.06. The smallest absolute Gasteiger partial charge is 0.296 e. The minimum Gasteiger partial charge on any atom is -0.507 e. The van der Waals surface area contributed by atoms with Gasteiger partial charge in [-0.1, -0.05) is 54.6 Å². The van der Waals surface area contributed by atoms with Crippen molar-refractivity contribution in [3.05, 3.63) is 137 Å². The highest BCUT2D eigenvalue weighted by Gasteiger charge is 2.47. The Morgan fingerprint density at radius 1 is 0.974 bits per heavy atom. The number of pyridine rings is 1. The third-order valence-electron chi connectivity index (χ3n) is 6.48. The second kappa shape index (κ2) is 10.7. The summed E-state index contributed by atoms with van der Waals surface area (Å²) in [5, 5.41) is 11.3. The van der Waals surface area contributed by atoms with E-state index in [9.17, 15) is 14.7 Å².